The Labute approximate surface area is 70.8 Å². The summed E-state index contributed by atoms with van der Waals surface area (Å²) in [4.78, 5) is 15.9. The second kappa shape index (κ2) is 4.94. The van der Waals surface area contributed by atoms with E-state index < -0.39 is 20.4 Å². The first kappa shape index (κ1) is 11.9. The smallest absolute Gasteiger partial charge is 1.00 e. The van der Waals surface area contributed by atoms with Gasteiger partial charge in [-0.3, -0.25) is 4.57 Å². The summed E-state index contributed by atoms with van der Waals surface area (Å²) in [6, 6.07) is 0. The molecule has 0 fully saturated rings. The van der Waals surface area contributed by atoms with Crippen molar-refractivity contribution in [2.45, 2.75) is 0 Å². The Balaban J connectivity index is -0.000000180. The summed E-state index contributed by atoms with van der Waals surface area (Å²) in [7, 11) is -3.92. The molecule has 46 valence electrons. The predicted molar refractivity (Wildman–Crippen MR) is 25.1 cm³/mol. The van der Waals surface area contributed by atoms with E-state index in [1.165, 1.54) is 0 Å². The summed E-state index contributed by atoms with van der Waals surface area (Å²) in [6.07, 6.45) is -0.438. The molecular weight excluding hydrogens is 142 g/mol. The molecule has 0 saturated heterocycles. The van der Waals surface area contributed by atoms with Gasteiger partial charge in [0.1, 0.15) is 0 Å². The second-order valence-corrected chi connectivity index (χ2v) is 2.89. The fourth-order valence-electron chi connectivity index (χ4n) is 0.130. The molecule has 0 spiro atoms. The van der Waals surface area contributed by atoms with Crippen molar-refractivity contribution in [3.63, 3.8) is 0 Å². The van der Waals surface area contributed by atoms with E-state index in [0.29, 0.717) is 0 Å². The molecule has 3 N–H and O–H groups in total. The molecule has 0 aromatic heterocycles. The van der Waals surface area contributed by atoms with Crippen LogP contribution in [0.5, 0.6) is 0 Å². The maximum absolute atomic E-state index is 9.77. The van der Waals surface area contributed by atoms with Crippen LogP contribution >= 0.6 is 7.60 Å². The average Bonchev–Trinajstić information content (AvgIpc) is 1.30. The third-order valence-corrected chi connectivity index (χ3v) is 1.17. The molecule has 0 bridgehead atoms. The van der Waals surface area contributed by atoms with Crippen LogP contribution in [0.1, 0.15) is 1.43 Å². The first-order chi connectivity index (χ1) is 3.06. The van der Waals surface area contributed by atoms with Crippen molar-refractivity contribution in [2.24, 2.45) is 0 Å². The molecule has 6 heteroatoms. The molecule has 0 heterocycles. The first-order valence-electron chi connectivity index (χ1n) is 1.72. The molecule has 0 rings (SSSR count). The quantitative estimate of drug-likeness (QED) is 0.279. The van der Waals surface area contributed by atoms with Gasteiger partial charge < -0.3 is 16.3 Å². The second-order valence-electron chi connectivity index (χ2n) is 1.11. The molecule has 0 radical (unpaired) electrons. The Morgan fingerprint density at radius 2 is 1.88 bits per heavy atom. The fourth-order valence-corrected chi connectivity index (χ4v) is 0.391. The molecule has 0 amide bonds. The molecular formula is C2H8NaO4P. The summed E-state index contributed by atoms with van der Waals surface area (Å²) < 4.78 is 9.77. The normalized spacial score (nSPS) is 10.4. The Bertz CT molecular complexity index is 92.6. The standard InChI is InChI=1S/C2H7O4P.Na.H/c3-1-2-7(4,5)6;;/h3H,1-2H2,(H2,4,5,6);;/q;+1;-1. The molecule has 8 heavy (non-hydrogen) atoms. The summed E-state index contributed by atoms with van der Waals surface area (Å²) in [5.74, 6) is 0. The zero-order chi connectivity index (χ0) is 5.91. The summed E-state index contributed by atoms with van der Waals surface area (Å²) >= 11 is 0. The minimum absolute atomic E-state index is 0. The Morgan fingerprint density at radius 3 is 1.88 bits per heavy atom. The molecule has 0 unspecified atom stereocenters. The van der Waals surface area contributed by atoms with Gasteiger partial charge in [-0.25, -0.2) is 0 Å². The minimum atomic E-state index is -3.92. The molecule has 0 aromatic rings. The maximum atomic E-state index is 9.77. The zero-order valence-corrected chi connectivity index (χ0v) is 7.51. The number of aliphatic hydroxyl groups excluding tert-OH is 1. The summed E-state index contributed by atoms with van der Waals surface area (Å²) in [6.45, 7) is -0.454. The van der Waals surface area contributed by atoms with E-state index in [9.17, 15) is 4.57 Å². The van der Waals surface area contributed by atoms with E-state index in [1.54, 1.807) is 0 Å². The van der Waals surface area contributed by atoms with Crippen molar-refractivity contribution in [2.75, 3.05) is 12.8 Å². The minimum Gasteiger partial charge on any atom is -1.00 e. The molecule has 0 aliphatic carbocycles. The van der Waals surface area contributed by atoms with Crippen LogP contribution in [0, 0.1) is 0 Å². The van der Waals surface area contributed by atoms with E-state index in [2.05, 4.69) is 0 Å². The van der Waals surface area contributed by atoms with Gasteiger partial charge in [-0.15, -0.1) is 0 Å². The van der Waals surface area contributed by atoms with E-state index in [0.717, 1.165) is 0 Å². The van der Waals surface area contributed by atoms with Crippen LogP contribution in [0.15, 0.2) is 0 Å². The Hall–Kier alpha value is 1.11. The van der Waals surface area contributed by atoms with Gasteiger partial charge in [-0.1, -0.05) is 0 Å². The number of rotatable bonds is 2. The topological polar surface area (TPSA) is 77.8 Å². The predicted octanol–water partition coefficient (Wildman–Crippen LogP) is -3.73. The molecule has 0 aliphatic heterocycles. The van der Waals surface area contributed by atoms with Gasteiger partial charge in [0.05, 0.1) is 12.8 Å². The number of hydrogen-bond acceptors (Lipinski definition) is 2. The molecule has 0 atom stereocenters. The van der Waals surface area contributed by atoms with E-state index in [-0.39, 0.29) is 31.0 Å². The van der Waals surface area contributed by atoms with Crippen LogP contribution in [0.25, 0.3) is 0 Å². The third kappa shape index (κ3) is 10.2. The Morgan fingerprint density at radius 1 is 1.50 bits per heavy atom. The largest absolute Gasteiger partial charge is 1.00 e. The van der Waals surface area contributed by atoms with Crippen molar-refractivity contribution < 1.29 is 50.4 Å². The van der Waals surface area contributed by atoms with Gasteiger partial charge >= 0.3 is 37.2 Å². The number of hydrogen-bond donors (Lipinski definition) is 3. The van der Waals surface area contributed by atoms with Gasteiger partial charge in [0.25, 0.3) is 0 Å². The van der Waals surface area contributed by atoms with Crippen molar-refractivity contribution in [1.82, 2.24) is 0 Å². The fraction of sp³-hybridized carbons (Fsp3) is 1.00. The summed E-state index contributed by atoms with van der Waals surface area (Å²) in [5.41, 5.74) is 0. The van der Waals surface area contributed by atoms with Gasteiger partial charge in [0.2, 0.25) is 0 Å². The molecule has 0 saturated carbocycles. The van der Waals surface area contributed by atoms with Crippen molar-refractivity contribution in [1.29, 1.82) is 0 Å². The van der Waals surface area contributed by atoms with Gasteiger partial charge in [0, 0.05) is 0 Å². The average molecular weight is 150 g/mol. The van der Waals surface area contributed by atoms with Crippen molar-refractivity contribution in [3.8, 4) is 0 Å². The van der Waals surface area contributed by atoms with Crippen LogP contribution in [0.4, 0.5) is 0 Å². The van der Waals surface area contributed by atoms with Crippen molar-refractivity contribution >= 4 is 7.60 Å². The maximum Gasteiger partial charge on any atom is 1.00 e. The zero-order valence-electron chi connectivity index (χ0n) is 5.61. The Kier molecular flexibility index (Phi) is 7.32. The molecule has 4 nitrogen and oxygen atoms in total. The van der Waals surface area contributed by atoms with E-state index >= 15 is 0 Å². The summed E-state index contributed by atoms with van der Waals surface area (Å²) in [5, 5.41) is 7.91. The van der Waals surface area contributed by atoms with Crippen LogP contribution in [0.3, 0.4) is 0 Å². The molecule has 0 aliphatic rings. The van der Waals surface area contributed by atoms with Gasteiger partial charge in [-0.05, 0) is 0 Å². The monoisotopic (exact) mass is 150 g/mol. The van der Waals surface area contributed by atoms with E-state index in [4.69, 9.17) is 14.9 Å². The number of aliphatic hydroxyl groups is 1. The van der Waals surface area contributed by atoms with Gasteiger partial charge in [-0.2, -0.15) is 0 Å². The van der Waals surface area contributed by atoms with Crippen molar-refractivity contribution in [3.05, 3.63) is 0 Å². The SMILES string of the molecule is O=P(O)(O)CCO.[H-].[Na+]. The molecule has 0 aromatic carbocycles. The first-order valence-corrected chi connectivity index (χ1v) is 3.51. The van der Waals surface area contributed by atoms with Crippen LogP contribution in [-0.4, -0.2) is 27.7 Å². The third-order valence-electron chi connectivity index (χ3n) is 0.391. The van der Waals surface area contributed by atoms with Crippen LogP contribution < -0.4 is 29.6 Å². The van der Waals surface area contributed by atoms with Crippen LogP contribution in [-0.2, 0) is 4.57 Å². The van der Waals surface area contributed by atoms with Crippen LogP contribution in [0.2, 0.25) is 0 Å². The van der Waals surface area contributed by atoms with Gasteiger partial charge in [0.15, 0.2) is 0 Å². The van der Waals surface area contributed by atoms with E-state index in [1.807, 2.05) is 0 Å².